The summed E-state index contributed by atoms with van der Waals surface area (Å²) >= 11 is 1.49. The van der Waals surface area contributed by atoms with Gasteiger partial charge in [0.15, 0.2) is 5.13 Å². The molecule has 1 aromatic carbocycles. The van der Waals surface area contributed by atoms with Crippen molar-refractivity contribution in [1.82, 2.24) is 9.88 Å². The van der Waals surface area contributed by atoms with Gasteiger partial charge in [-0.15, -0.1) is 0 Å². The number of ether oxygens (including phenoxy) is 1. The molecular formula is C17H23N3O2S. The Morgan fingerprint density at radius 3 is 2.96 bits per heavy atom. The lowest BCUT2D eigenvalue weighted by molar-refractivity contribution is 0.168. The molecule has 6 heteroatoms. The number of aromatic nitrogens is 1. The Morgan fingerprint density at radius 2 is 2.22 bits per heavy atom. The number of piperidine rings is 1. The third-order valence-corrected chi connectivity index (χ3v) is 5.15. The summed E-state index contributed by atoms with van der Waals surface area (Å²) in [4.78, 5) is 18.4. The minimum atomic E-state index is -0.450. The predicted octanol–water partition coefficient (Wildman–Crippen LogP) is 4.10. The fourth-order valence-corrected chi connectivity index (χ4v) is 3.77. The molecule has 3 rings (SSSR count). The van der Waals surface area contributed by atoms with Crippen LogP contribution in [0.15, 0.2) is 18.2 Å². The van der Waals surface area contributed by atoms with Crippen LogP contribution in [0.4, 0.5) is 9.93 Å². The van der Waals surface area contributed by atoms with Gasteiger partial charge in [0.05, 0.1) is 16.8 Å². The lowest BCUT2D eigenvalue weighted by Gasteiger charge is -2.30. The number of thiazole rings is 1. The predicted molar refractivity (Wildman–Crippen MR) is 93.9 cm³/mol. The van der Waals surface area contributed by atoms with Crippen LogP contribution in [-0.4, -0.2) is 35.7 Å². The number of likely N-dealkylation sites (tertiary alicyclic amines) is 1. The summed E-state index contributed by atoms with van der Waals surface area (Å²) in [5, 5.41) is 3.26. The van der Waals surface area contributed by atoms with Crippen LogP contribution in [0.2, 0.25) is 0 Å². The summed E-state index contributed by atoms with van der Waals surface area (Å²) in [6, 6.07) is 6.35. The number of anilines is 1. The van der Waals surface area contributed by atoms with Gasteiger partial charge in [0.1, 0.15) is 0 Å². The topological polar surface area (TPSA) is 54.5 Å². The summed E-state index contributed by atoms with van der Waals surface area (Å²) in [6.07, 6.45) is 2.13. The van der Waals surface area contributed by atoms with E-state index in [1.54, 1.807) is 6.92 Å². The minimum Gasteiger partial charge on any atom is -0.450 e. The summed E-state index contributed by atoms with van der Waals surface area (Å²) in [5.41, 5.74) is 2.22. The van der Waals surface area contributed by atoms with Crippen molar-refractivity contribution in [3.8, 4) is 0 Å². The third-order valence-electron chi connectivity index (χ3n) is 4.22. The van der Waals surface area contributed by atoms with Gasteiger partial charge in [-0.3, -0.25) is 10.2 Å². The van der Waals surface area contributed by atoms with Crippen molar-refractivity contribution in [1.29, 1.82) is 0 Å². The van der Waals surface area contributed by atoms with E-state index < -0.39 is 6.09 Å². The highest BCUT2D eigenvalue weighted by Crippen LogP contribution is 2.28. The number of carbonyl (C=O) groups excluding carboxylic acids is 1. The van der Waals surface area contributed by atoms with Gasteiger partial charge in [-0.1, -0.05) is 24.3 Å². The maximum atomic E-state index is 11.5. The fraction of sp³-hybridized carbons (Fsp3) is 0.529. The van der Waals surface area contributed by atoms with E-state index in [1.807, 2.05) is 6.07 Å². The zero-order chi connectivity index (χ0) is 16.2. The van der Waals surface area contributed by atoms with E-state index in [0.717, 1.165) is 22.7 Å². The molecule has 1 aliphatic rings. The summed E-state index contributed by atoms with van der Waals surface area (Å²) in [5.74, 6) is 0.853. The molecule has 1 aromatic heterocycles. The van der Waals surface area contributed by atoms with Crippen LogP contribution >= 0.6 is 11.3 Å². The number of fused-ring (bicyclic) bond motifs is 1. The lowest BCUT2D eigenvalue weighted by Crippen LogP contribution is -2.32. The van der Waals surface area contributed by atoms with Gasteiger partial charge in [0.2, 0.25) is 0 Å². The Hall–Kier alpha value is -1.66. The number of nitrogens with one attached hydrogen (secondary N) is 1. The van der Waals surface area contributed by atoms with Gasteiger partial charge in [-0.25, -0.2) is 9.78 Å². The molecule has 1 amide bonds. The van der Waals surface area contributed by atoms with Gasteiger partial charge in [-0.2, -0.15) is 0 Å². The monoisotopic (exact) mass is 333 g/mol. The zero-order valence-corrected chi connectivity index (χ0v) is 14.5. The second-order valence-corrected chi connectivity index (χ2v) is 7.16. The van der Waals surface area contributed by atoms with Crippen molar-refractivity contribution in [2.24, 2.45) is 5.92 Å². The molecule has 2 heterocycles. The Labute approximate surface area is 140 Å². The molecule has 2 aromatic rings. The second-order valence-electron chi connectivity index (χ2n) is 6.13. The fourth-order valence-electron chi connectivity index (χ4n) is 2.85. The highest BCUT2D eigenvalue weighted by Gasteiger charge is 2.16. The van der Waals surface area contributed by atoms with Gasteiger partial charge in [0, 0.05) is 6.54 Å². The van der Waals surface area contributed by atoms with E-state index in [1.165, 1.54) is 42.8 Å². The van der Waals surface area contributed by atoms with Crippen molar-refractivity contribution in [3.05, 3.63) is 23.8 Å². The van der Waals surface area contributed by atoms with Gasteiger partial charge in [-0.05, 0) is 56.5 Å². The molecule has 1 saturated heterocycles. The van der Waals surface area contributed by atoms with Crippen molar-refractivity contribution >= 4 is 32.8 Å². The summed E-state index contributed by atoms with van der Waals surface area (Å²) in [6.45, 7) is 7.82. The average molecular weight is 333 g/mol. The third kappa shape index (κ3) is 4.20. The number of nitrogens with zero attached hydrogens (tertiary/aromatic N) is 2. The normalized spacial score (nSPS) is 16.6. The molecule has 1 N–H and O–H groups in total. The van der Waals surface area contributed by atoms with E-state index in [-0.39, 0.29) is 0 Å². The molecule has 1 fully saturated rings. The van der Waals surface area contributed by atoms with Crippen molar-refractivity contribution in [3.63, 3.8) is 0 Å². The smallest absolute Gasteiger partial charge is 0.413 e. The molecule has 0 unspecified atom stereocenters. The van der Waals surface area contributed by atoms with Crippen LogP contribution in [0.1, 0.15) is 32.3 Å². The number of hydrogen-bond donors (Lipinski definition) is 1. The maximum absolute atomic E-state index is 11.5. The van der Waals surface area contributed by atoms with Gasteiger partial charge in [0.25, 0.3) is 0 Å². The molecule has 0 aliphatic carbocycles. The first kappa shape index (κ1) is 16.2. The van der Waals surface area contributed by atoms with Crippen LogP contribution in [0, 0.1) is 5.92 Å². The Bertz CT molecular complexity index is 678. The molecule has 1 aliphatic heterocycles. The van der Waals surface area contributed by atoms with E-state index in [2.05, 4.69) is 34.3 Å². The molecule has 23 heavy (non-hydrogen) atoms. The molecule has 0 saturated carbocycles. The number of amides is 1. The lowest BCUT2D eigenvalue weighted by atomic mass is 9.99. The Kier molecular flexibility index (Phi) is 5.13. The van der Waals surface area contributed by atoms with E-state index in [9.17, 15) is 4.79 Å². The highest BCUT2D eigenvalue weighted by atomic mass is 32.1. The van der Waals surface area contributed by atoms with E-state index in [4.69, 9.17) is 4.74 Å². The number of carbonyl (C=O) groups is 1. The summed E-state index contributed by atoms with van der Waals surface area (Å²) in [7, 11) is 0. The number of hydrogen-bond acceptors (Lipinski definition) is 5. The number of benzene rings is 1. The van der Waals surface area contributed by atoms with Crippen molar-refractivity contribution in [2.45, 2.75) is 33.2 Å². The van der Waals surface area contributed by atoms with Gasteiger partial charge < -0.3 is 4.74 Å². The molecular weight excluding hydrogens is 310 g/mol. The Balaban J connectivity index is 1.68. The molecule has 0 atom stereocenters. The standard InChI is InChI=1S/C17H23N3O2S/c1-3-22-17(21)19-16-18-14-5-4-13(10-15(14)23-16)11-20-8-6-12(2)7-9-20/h4-5,10,12H,3,6-9,11H2,1-2H3,(H,18,19,21). The molecule has 5 nitrogen and oxygen atoms in total. The SMILES string of the molecule is CCOC(=O)Nc1nc2ccc(CN3CCC(C)CC3)cc2s1. The van der Waals surface area contributed by atoms with Crippen LogP contribution < -0.4 is 5.32 Å². The number of rotatable bonds is 4. The first-order valence-corrected chi connectivity index (χ1v) is 9.01. The quantitative estimate of drug-likeness (QED) is 0.915. The van der Waals surface area contributed by atoms with E-state index >= 15 is 0 Å². The molecule has 0 radical (unpaired) electrons. The molecule has 124 valence electrons. The highest BCUT2D eigenvalue weighted by molar-refractivity contribution is 7.22. The second kappa shape index (κ2) is 7.27. The maximum Gasteiger partial charge on any atom is 0.413 e. The Morgan fingerprint density at radius 1 is 1.43 bits per heavy atom. The van der Waals surface area contributed by atoms with Crippen molar-refractivity contribution < 1.29 is 9.53 Å². The van der Waals surface area contributed by atoms with Crippen LogP contribution in [-0.2, 0) is 11.3 Å². The zero-order valence-electron chi connectivity index (χ0n) is 13.7. The van der Waals surface area contributed by atoms with Crippen molar-refractivity contribution in [2.75, 3.05) is 25.0 Å². The van der Waals surface area contributed by atoms with Gasteiger partial charge >= 0.3 is 6.09 Å². The molecule has 0 spiro atoms. The summed E-state index contributed by atoms with van der Waals surface area (Å²) < 4.78 is 5.98. The molecule has 0 bridgehead atoms. The van der Waals surface area contributed by atoms with Crippen LogP contribution in [0.3, 0.4) is 0 Å². The largest absolute Gasteiger partial charge is 0.450 e. The van der Waals surface area contributed by atoms with Crippen LogP contribution in [0.5, 0.6) is 0 Å². The minimum absolute atomic E-state index is 0.356. The first-order chi connectivity index (χ1) is 11.1. The first-order valence-electron chi connectivity index (χ1n) is 8.19. The average Bonchev–Trinajstić information content (AvgIpc) is 2.91. The van der Waals surface area contributed by atoms with Crippen LogP contribution in [0.25, 0.3) is 10.2 Å². The van der Waals surface area contributed by atoms with E-state index in [0.29, 0.717) is 11.7 Å².